The highest BCUT2D eigenvalue weighted by molar-refractivity contribution is 5.83. The molecular formula is C14H24N2O2. The average Bonchev–Trinajstić information content (AvgIpc) is 2.49. The molecule has 0 atom stereocenters. The van der Waals surface area contributed by atoms with Crippen molar-refractivity contribution in [3.63, 3.8) is 0 Å². The van der Waals surface area contributed by atoms with Crippen LogP contribution in [-0.4, -0.2) is 43.7 Å². The van der Waals surface area contributed by atoms with E-state index in [9.17, 15) is 4.79 Å². The second kappa shape index (κ2) is 4.49. The van der Waals surface area contributed by atoms with Gasteiger partial charge in [0.15, 0.2) is 0 Å². The van der Waals surface area contributed by atoms with Gasteiger partial charge in [0.25, 0.3) is 0 Å². The number of hydrogen-bond acceptors (Lipinski definition) is 3. The van der Waals surface area contributed by atoms with Crippen molar-refractivity contribution in [3.05, 3.63) is 0 Å². The molecule has 102 valence electrons. The minimum absolute atomic E-state index is 0.0474. The normalized spacial score (nSPS) is 39.9. The fourth-order valence-electron chi connectivity index (χ4n) is 3.99. The smallest absolute Gasteiger partial charge is 0.228 e. The molecule has 0 aromatic heterocycles. The van der Waals surface area contributed by atoms with E-state index >= 15 is 0 Å². The quantitative estimate of drug-likeness (QED) is 0.802. The van der Waals surface area contributed by atoms with Gasteiger partial charge >= 0.3 is 0 Å². The van der Waals surface area contributed by atoms with Crippen LogP contribution in [0.1, 0.15) is 38.5 Å². The molecule has 18 heavy (non-hydrogen) atoms. The van der Waals surface area contributed by atoms with Gasteiger partial charge in [-0.2, -0.15) is 0 Å². The molecule has 0 unspecified atom stereocenters. The van der Waals surface area contributed by atoms with Gasteiger partial charge in [0.1, 0.15) is 0 Å². The van der Waals surface area contributed by atoms with E-state index in [1.165, 1.54) is 0 Å². The van der Waals surface area contributed by atoms with Crippen molar-refractivity contribution in [2.75, 3.05) is 32.8 Å². The Balaban J connectivity index is 1.71. The first-order valence-corrected chi connectivity index (χ1v) is 7.27. The summed E-state index contributed by atoms with van der Waals surface area (Å²) >= 11 is 0. The summed E-state index contributed by atoms with van der Waals surface area (Å²) in [6, 6.07) is 0. The maximum absolute atomic E-state index is 12.8. The number of ether oxygens (including phenoxy) is 1. The fraction of sp³-hybridized carbons (Fsp3) is 0.929. The number of rotatable bonds is 2. The highest BCUT2D eigenvalue weighted by Crippen LogP contribution is 2.57. The van der Waals surface area contributed by atoms with Crippen LogP contribution in [0, 0.1) is 10.8 Å². The number of amides is 1. The second-order valence-electron chi connectivity index (χ2n) is 6.39. The highest BCUT2D eigenvalue weighted by Gasteiger charge is 2.52. The third kappa shape index (κ3) is 1.86. The van der Waals surface area contributed by atoms with Crippen molar-refractivity contribution >= 4 is 5.91 Å². The van der Waals surface area contributed by atoms with Gasteiger partial charge in [-0.1, -0.05) is 0 Å². The van der Waals surface area contributed by atoms with Gasteiger partial charge in [-0.15, -0.1) is 0 Å². The Morgan fingerprint density at radius 1 is 1.06 bits per heavy atom. The lowest BCUT2D eigenvalue weighted by Gasteiger charge is -2.53. The number of nitrogens with zero attached hydrogens (tertiary/aromatic N) is 1. The van der Waals surface area contributed by atoms with Crippen LogP contribution in [0.25, 0.3) is 0 Å². The monoisotopic (exact) mass is 252 g/mol. The molecule has 1 amide bonds. The lowest BCUT2D eigenvalue weighted by atomic mass is 9.53. The molecule has 3 aliphatic carbocycles. The van der Waals surface area contributed by atoms with E-state index in [1.807, 2.05) is 4.90 Å². The lowest BCUT2D eigenvalue weighted by molar-refractivity contribution is -0.155. The summed E-state index contributed by atoms with van der Waals surface area (Å²) in [5.74, 6) is 0.399. The minimum Gasteiger partial charge on any atom is -0.378 e. The van der Waals surface area contributed by atoms with Crippen molar-refractivity contribution in [2.45, 2.75) is 38.5 Å². The maximum atomic E-state index is 12.8. The first-order chi connectivity index (χ1) is 8.70. The molecule has 4 nitrogen and oxygen atoms in total. The topological polar surface area (TPSA) is 55.6 Å². The van der Waals surface area contributed by atoms with E-state index in [4.69, 9.17) is 10.5 Å². The van der Waals surface area contributed by atoms with Gasteiger partial charge in [0.2, 0.25) is 5.91 Å². The van der Waals surface area contributed by atoms with E-state index < -0.39 is 0 Å². The Morgan fingerprint density at radius 2 is 1.61 bits per heavy atom. The molecule has 1 aliphatic heterocycles. The molecule has 1 saturated heterocycles. The third-order valence-corrected chi connectivity index (χ3v) is 5.59. The zero-order valence-electron chi connectivity index (χ0n) is 11.1. The zero-order valence-corrected chi connectivity index (χ0v) is 11.1. The highest BCUT2D eigenvalue weighted by atomic mass is 16.5. The van der Waals surface area contributed by atoms with Crippen molar-refractivity contribution < 1.29 is 9.53 Å². The van der Waals surface area contributed by atoms with E-state index in [-0.39, 0.29) is 5.41 Å². The molecule has 2 N–H and O–H groups in total. The van der Waals surface area contributed by atoms with E-state index in [0.717, 1.165) is 58.2 Å². The zero-order chi connectivity index (χ0) is 12.6. The summed E-state index contributed by atoms with van der Waals surface area (Å²) in [6.45, 7) is 3.77. The molecule has 4 fully saturated rings. The van der Waals surface area contributed by atoms with Crippen molar-refractivity contribution in [1.82, 2.24) is 4.90 Å². The first-order valence-electron chi connectivity index (χ1n) is 7.27. The molecule has 0 spiro atoms. The number of hydrogen-bond donors (Lipinski definition) is 1. The third-order valence-electron chi connectivity index (χ3n) is 5.59. The van der Waals surface area contributed by atoms with Gasteiger partial charge in [0.05, 0.1) is 13.2 Å². The fourth-order valence-corrected chi connectivity index (χ4v) is 3.99. The number of carbonyl (C=O) groups is 1. The molecule has 2 bridgehead atoms. The summed E-state index contributed by atoms with van der Waals surface area (Å²) < 4.78 is 5.34. The molecule has 1 heterocycles. The number of nitrogens with two attached hydrogens (primary N) is 1. The molecule has 4 aliphatic rings. The van der Waals surface area contributed by atoms with E-state index in [2.05, 4.69) is 0 Å². The van der Waals surface area contributed by atoms with Crippen molar-refractivity contribution in [2.24, 2.45) is 16.6 Å². The van der Waals surface area contributed by atoms with Gasteiger partial charge in [-0.25, -0.2) is 0 Å². The summed E-state index contributed by atoms with van der Waals surface area (Å²) in [7, 11) is 0. The standard InChI is InChI=1S/C14H24N2O2/c15-11-13-1-4-14(5-2-13,6-3-13)12(17)16-7-9-18-10-8-16/h1-11,15H2. The molecule has 0 aromatic rings. The molecule has 4 heteroatoms. The Bertz CT molecular complexity index is 312. The van der Waals surface area contributed by atoms with Crippen molar-refractivity contribution in [1.29, 1.82) is 0 Å². The maximum Gasteiger partial charge on any atom is 0.228 e. The first kappa shape index (κ1) is 12.4. The summed E-state index contributed by atoms with van der Waals surface area (Å²) in [5.41, 5.74) is 6.24. The van der Waals surface area contributed by atoms with Crippen LogP contribution in [0.15, 0.2) is 0 Å². The lowest BCUT2D eigenvalue weighted by Crippen LogP contribution is -2.55. The van der Waals surface area contributed by atoms with Crippen LogP contribution in [0.3, 0.4) is 0 Å². The Kier molecular flexibility index (Phi) is 3.10. The summed E-state index contributed by atoms with van der Waals surface area (Å²) in [6.07, 6.45) is 6.62. The van der Waals surface area contributed by atoms with Gasteiger partial charge in [-0.05, 0) is 50.5 Å². The predicted octanol–water partition coefficient (Wildman–Crippen LogP) is 1.14. The number of carbonyl (C=O) groups excluding carboxylic acids is 1. The Hall–Kier alpha value is -0.610. The summed E-state index contributed by atoms with van der Waals surface area (Å²) in [5, 5.41) is 0. The van der Waals surface area contributed by atoms with Gasteiger partial charge in [-0.3, -0.25) is 4.79 Å². The number of morpholine rings is 1. The van der Waals surface area contributed by atoms with Crippen LogP contribution in [0.4, 0.5) is 0 Å². The average molecular weight is 252 g/mol. The molecule has 3 saturated carbocycles. The van der Waals surface area contributed by atoms with Crippen molar-refractivity contribution in [3.8, 4) is 0 Å². The minimum atomic E-state index is -0.0474. The van der Waals surface area contributed by atoms with Gasteiger partial charge < -0.3 is 15.4 Å². The van der Waals surface area contributed by atoms with Crippen LogP contribution in [0.2, 0.25) is 0 Å². The SMILES string of the molecule is NCC12CCC(C(=O)N3CCOCC3)(CC1)CC2. The van der Waals surface area contributed by atoms with E-state index in [1.54, 1.807) is 0 Å². The van der Waals surface area contributed by atoms with E-state index in [0.29, 0.717) is 24.5 Å². The van der Waals surface area contributed by atoms with Crippen LogP contribution in [0.5, 0.6) is 0 Å². The van der Waals surface area contributed by atoms with Crippen LogP contribution in [-0.2, 0) is 9.53 Å². The summed E-state index contributed by atoms with van der Waals surface area (Å²) in [4.78, 5) is 14.8. The molecule has 0 aromatic carbocycles. The van der Waals surface area contributed by atoms with Gasteiger partial charge in [0, 0.05) is 18.5 Å². The Labute approximate surface area is 109 Å². The molecule has 0 radical (unpaired) electrons. The molecular weight excluding hydrogens is 228 g/mol. The largest absolute Gasteiger partial charge is 0.378 e. The van der Waals surface area contributed by atoms with Crippen LogP contribution >= 0.6 is 0 Å². The Morgan fingerprint density at radius 3 is 2.11 bits per heavy atom. The molecule has 4 rings (SSSR count). The van der Waals surface area contributed by atoms with Crippen LogP contribution < -0.4 is 5.73 Å². The predicted molar refractivity (Wildman–Crippen MR) is 69.0 cm³/mol. The number of fused-ring (bicyclic) bond motifs is 3. The second-order valence-corrected chi connectivity index (χ2v) is 6.39.